The molecule has 2 amide bonds. The molecule has 3 atom stereocenters. The van der Waals surface area contributed by atoms with Crippen LogP contribution in [0.3, 0.4) is 0 Å². The highest BCUT2D eigenvalue weighted by Gasteiger charge is 2.70. The Hall–Kier alpha value is -2.62. The number of carboxylic acids is 1. The largest absolute Gasteiger partial charge is 0.496 e. The summed E-state index contributed by atoms with van der Waals surface area (Å²) in [6, 6.07) is 2.13. The minimum absolute atomic E-state index is 0.125. The van der Waals surface area contributed by atoms with Gasteiger partial charge < -0.3 is 29.5 Å². The number of aliphatic carboxylic acids is 1. The molecule has 2 aliphatic heterocycles. The minimum atomic E-state index is -1.25. The first-order valence-corrected chi connectivity index (χ1v) is 9.75. The Kier molecular flexibility index (Phi) is 5.10. The van der Waals surface area contributed by atoms with Crippen LogP contribution in [0.25, 0.3) is 0 Å². The van der Waals surface area contributed by atoms with Gasteiger partial charge >= 0.3 is 5.97 Å². The van der Waals surface area contributed by atoms with Crippen LogP contribution in [0, 0.1) is 0 Å². The lowest BCUT2D eigenvalue weighted by atomic mass is 9.86. The topological polar surface area (TPSA) is 114 Å². The maximum Gasteiger partial charge on any atom is 0.327 e. The molecule has 1 unspecified atom stereocenters. The van der Waals surface area contributed by atoms with Gasteiger partial charge in [-0.05, 0) is 20.8 Å². The normalized spacial score (nSPS) is 27.0. The number of nitrogens with zero attached hydrogens (tertiary/aromatic N) is 1. The standard InChI is InChI=1S/C19H24N2O7S/c1-18(2)13(15(23)24)21-16(25)19(3,17(21)29-18)20-14(22)12-10(27-5)7-9(26-4)8-11(12)28-6/h7-8,13,17H,1-6H3,(H,20,22)(H,23,24)/t13-,17+,19?/m0/s1. The monoisotopic (exact) mass is 424 g/mol. The summed E-state index contributed by atoms with van der Waals surface area (Å²) in [5.41, 5.74) is -1.13. The number of fused-ring (bicyclic) bond motifs is 1. The van der Waals surface area contributed by atoms with E-state index in [0.29, 0.717) is 5.75 Å². The summed E-state index contributed by atoms with van der Waals surface area (Å²) in [6.07, 6.45) is 0. The lowest BCUT2D eigenvalue weighted by molar-refractivity contribution is -0.165. The predicted molar refractivity (Wildman–Crippen MR) is 106 cm³/mol. The van der Waals surface area contributed by atoms with Gasteiger partial charge in [0.05, 0.1) is 21.3 Å². The molecule has 2 heterocycles. The lowest BCUT2D eigenvalue weighted by Crippen LogP contribution is -2.78. The molecule has 2 N–H and O–H groups in total. The summed E-state index contributed by atoms with van der Waals surface area (Å²) in [4.78, 5) is 39.0. The Labute approximate surface area is 172 Å². The fourth-order valence-electron chi connectivity index (χ4n) is 3.87. The molecular formula is C19H24N2O7S. The highest BCUT2D eigenvalue weighted by molar-refractivity contribution is 8.01. The zero-order chi connectivity index (χ0) is 21.7. The maximum atomic E-state index is 13.1. The van der Waals surface area contributed by atoms with Crippen molar-refractivity contribution >= 4 is 29.5 Å². The van der Waals surface area contributed by atoms with Crippen molar-refractivity contribution in [3.05, 3.63) is 17.7 Å². The molecule has 1 aromatic rings. The maximum absolute atomic E-state index is 13.1. The molecule has 0 spiro atoms. The van der Waals surface area contributed by atoms with E-state index in [4.69, 9.17) is 14.2 Å². The Morgan fingerprint density at radius 3 is 2.10 bits per heavy atom. The van der Waals surface area contributed by atoms with Crippen molar-refractivity contribution in [1.29, 1.82) is 0 Å². The van der Waals surface area contributed by atoms with E-state index in [-0.39, 0.29) is 17.1 Å². The zero-order valence-corrected chi connectivity index (χ0v) is 17.9. The number of amides is 2. The fourth-order valence-corrected chi connectivity index (χ4v) is 5.51. The quantitative estimate of drug-likeness (QED) is 0.658. The third-order valence-corrected chi connectivity index (χ3v) is 7.08. The molecule has 1 aromatic carbocycles. The number of carboxylic acid groups (broad SMARTS) is 1. The van der Waals surface area contributed by atoms with Gasteiger partial charge in [0.1, 0.15) is 39.8 Å². The number of carbonyl (C=O) groups is 3. The Bertz CT molecular complexity index is 862. The van der Waals surface area contributed by atoms with Crippen molar-refractivity contribution in [2.75, 3.05) is 21.3 Å². The number of thioether (sulfide) groups is 1. The van der Waals surface area contributed by atoms with Gasteiger partial charge in [-0.1, -0.05) is 0 Å². The SMILES string of the molecule is COc1cc(OC)c(C(=O)NC2(C)C(=O)N3[C@@H](C(=O)O)C(C)(C)S[C@@H]32)c(OC)c1. The molecular weight excluding hydrogens is 400 g/mol. The molecule has 158 valence electrons. The predicted octanol–water partition coefficient (Wildman–Crippen LogP) is 1.35. The summed E-state index contributed by atoms with van der Waals surface area (Å²) in [7, 11) is 4.31. The number of rotatable bonds is 6. The second-order valence-corrected chi connectivity index (χ2v) is 9.32. The van der Waals surface area contributed by atoms with Crippen molar-refractivity contribution in [2.45, 2.75) is 42.5 Å². The number of hydrogen-bond acceptors (Lipinski definition) is 7. The van der Waals surface area contributed by atoms with Crippen molar-refractivity contribution < 1.29 is 33.7 Å². The third-order valence-electron chi connectivity index (χ3n) is 5.33. The fraction of sp³-hybridized carbons (Fsp3) is 0.526. The highest BCUT2D eigenvalue weighted by Crippen LogP contribution is 2.54. The van der Waals surface area contributed by atoms with Crippen LogP contribution in [-0.4, -0.2) is 70.8 Å². The number of methoxy groups -OCH3 is 3. The van der Waals surface area contributed by atoms with Crippen LogP contribution in [0.4, 0.5) is 0 Å². The van der Waals surface area contributed by atoms with Gasteiger partial charge in [-0.15, -0.1) is 11.8 Å². The molecule has 0 aromatic heterocycles. The van der Waals surface area contributed by atoms with E-state index >= 15 is 0 Å². The number of benzene rings is 1. The molecule has 2 fully saturated rings. The van der Waals surface area contributed by atoms with Gasteiger partial charge in [0, 0.05) is 16.9 Å². The third kappa shape index (κ3) is 3.06. The molecule has 3 rings (SSSR count). The number of ether oxygens (including phenoxy) is 3. The van der Waals surface area contributed by atoms with E-state index in [0.717, 1.165) is 0 Å². The molecule has 10 heteroatoms. The average Bonchev–Trinajstić information content (AvgIpc) is 2.95. The zero-order valence-electron chi connectivity index (χ0n) is 17.1. The van der Waals surface area contributed by atoms with Crippen LogP contribution in [-0.2, 0) is 9.59 Å². The van der Waals surface area contributed by atoms with Gasteiger partial charge in [-0.2, -0.15) is 0 Å². The first-order valence-electron chi connectivity index (χ1n) is 8.87. The molecule has 9 nitrogen and oxygen atoms in total. The number of β-lactam (4-membered cyclic amide) rings is 1. The second-order valence-electron chi connectivity index (χ2n) is 7.59. The van der Waals surface area contributed by atoms with Crippen LogP contribution < -0.4 is 19.5 Å². The average molecular weight is 424 g/mol. The van der Waals surface area contributed by atoms with Gasteiger partial charge in [-0.3, -0.25) is 9.59 Å². The van der Waals surface area contributed by atoms with Gasteiger partial charge in [0.25, 0.3) is 11.8 Å². The summed E-state index contributed by atoms with van der Waals surface area (Å²) < 4.78 is 15.1. The minimum Gasteiger partial charge on any atom is -0.496 e. The molecule has 2 saturated heterocycles. The number of carbonyl (C=O) groups excluding carboxylic acids is 2. The molecule has 0 bridgehead atoms. The van der Waals surface area contributed by atoms with Gasteiger partial charge in [0.2, 0.25) is 0 Å². The van der Waals surface area contributed by atoms with Crippen molar-refractivity contribution in [1.82, 2.24) is 10.2 Å². The molecule has 2 aliphatic rings. The van der Waals surface area contributed by atoms with Crippen LogP contribution in [0.15, 0.2) is 12.1 Å². The van der Waals surface area contributed by atoms with E-state index in [1.54, 1.807) is 32.9 Å². The first-order chi connectivity index (χ1) is 13.5. The van der Waals surface area contributed by atoms with Crippen molar-refractivity contribution in [3.8, 4) is 17.2 Å². The van der Waals surface area contributed by atoms with Crippen molar-refractivity contribution in [3.63, 3.8) is 0 Å². The molecule has 0 aliphatic carbocycles. The van der Waals surface area contributed by atoms with Crippen LogP contribution in [0.1, 0.15) is 31.1 Å². The number of nitrogens with one attached hydrogen (secondary N) is 1. The summed E-state index contributed by atoms with van der Waals surface area (Å²) in [6.45, 7) is 5.16. The highest BCUT2D eigenvalue weighted by atomic mass is 32.2. The molecule has 29 heavy (non-hydrogen) atoms. The summed E-state index contributed by atoms with van der Waals surface area (Å²) >= 11 is 1.35. The number of hydrogen-bond donors (Lipinski definition) is 2. The molecule has 0 saturated carbocycles. The Morgan fingerprint density at radius 2 is 1.66 bits per heavy atom. The second kappa shape index (κ2) is 7.01. The lowest BCUT2D eigenvalue weighted by Gasteiger charge is -2.51. The molecule has 0 radical (unpaired) electrons. The van der Waals surface area contributed by atoms with Crippen LogP contribution in [0.5, 0.6) is 17.2 Å². The van der Waals surface area contributed by atoms with E-state index in [1.165, 1.54) is 38.0 Å². The first kappa shape index (κ1) is 21.1. The summed E-state index contributed by atoms with van der Waals surface area (Å²) in [5.74, 6) is -1.15. The Balaban J connectivity index is 1.93. The summed E-state index contributed by atoms with van der Waals surface area (Å²) in [5, 5.41) is 11.8. The Morgan fingerprint density at radius 1 is 1.10 bits per heavy atom. The van der Waals surface area contributed by atoms with E-state index in [2.05, 4.69) is 5.32 Å². The van der Waals surface area contributed by atoms with E-state index < -0.39 is 39.5 Å². The van der Waals surface area contributed by atoms with Crippen LogP contribution >= 0.6 is 11.8 Å². The van der Waals surface area contributed by atoms with Gasteiger partial charge in [0.15, 0.2) is 0 Å². The van der Waals surface area contributed by atoms with Gasteiger partial charge in [-0.25, -0.2) is 4.79 Å². The van der Waals surface area contributed by atoms with E-state index in [1.807, 2.05) is 0 Å². The smallest absolute Gasteiger partial charge is 0.327 e. The van der Waals surface area contributed by atoms with E-state index in [9.17, 15) is 19.5 Å². The van der Waals surface area contributed by atoms with Crippen LogP contribution in [0.2, 0.25) is 0 Å². The van der Waals surface area contributed by atoms with Crippen molar-refractivity contribution in [2.24, 2.45) is 0 Å².